The van der Waals surface area contributed by atoms with Crippen LogP contribution >= 0.6 is 11.8 Å². The highest BCUT2D eigenvalue weighted by Gasteiger charge is 2.40. The Balaban J connectivity index is 2.15. The Morgan fingerprint density at radius 2 is 1.81 bits per heavy atom. The smallest absolute Gasteiger partial charge is 0.255 e. The van der Waals surface area contributed by atoms with E-state index in [1.54, 1.807) is 7.05 Å². The standard InChI is InChI=1S/C14H20N4O2S/c1-15-12(20)14(6-4-3-5-7-14)18-11(19)10-8-16-13(21-2)17-9-10/h8-9H,3-7H2,1-2H3,(H,15,20)(H,18,19). The van der Waals surface area contributed by atoms with Gasteiger partial charge in [0, 0.05) is 19.4 Å². The molecular formula is C14H20N4O2S. The molecule has 2 N–H and O–H groups in total. The molecule has 7 heteroatoms. The summed E-state index contributed by atoms with van der Waals surface area (Å²) in [6.45, 7) is 0. The molecule has 2 amide bonds. The highest BCUT2D eigenvalue weighted by molar-refractivity contribution is 7.98. The Bertz CT molecular complexity index is 512. The zero-order valence-electron chi connectivity index (χ0n) is 12.3. The van der Waals surface area contributed by atoms with E-state index in [0.717, 1.165) is 19.3 Å². The maximum absolute atomic E-state index is 12.4. The van der Waals surface area contributed by atoms with Crippen LogP contribution < -0.4 is 10.6 Å². The maximum atomic E-state index is 12.4. The SMILES string of the molecule is CNC(=O)C1(NC(=O)c2cnc(SC)nc2)CCCCC1. The molecule has 1 fully saturated rings. The van der Waals surface area contributed by atoms with Crippen molar-refractivity contribution in [1.29, 1.82) is 0 Å². The number of nitrogens with one attached hydrogen (secondary N) is 2. The van der Waals surface area contributed by atoms with Crippen molar-refractivity contribution in [2.75, 3.05) is 13.3 Å². The lowest BCUT2D eigenvalue weighted by Gasteiger charge is -2.36. The predicted molar refractivity (Wildman–Crippen MR) is 81.2 cm³/mol. The zero-order chi connectivity index (χ0) is 15.3. The van der Waals surface area contributed by atoms with E-state index in [-0.39, 0.29) is 11.8 Å². The molecule has 0 radical (unpaired) electrons. The van der Waals surface area contributed by atoms with Gasteiger partial charge in [-0.25, -0.2) is 9.97 Å². The van der Waals surface area contributed by atoms with Gasteiger partial charge in [0.25, 0.3) is 5.91 Å². The van der Waals surface area contributed by atoms with Crippen LogP contribution in [0.4, 0.5) is 0 Å². The molecule has 21 heavy (non-hydrogen) atoms. The number of rotatable bonds is 4. The van der Waals surface area contributed by atoms with E-state index in [9.17, 15) is 9.59 Å². The lowest BCUT2D eigenvalue weighted by atomic mass is 9.80. The first-order valence-electron chi connectivity index (χ1n) is 7.02. The van der Waals surface area contributed by atoms with Gasteiger partial charge in [0.15, 0.2) is 5.16 Å². The third-order valence-electron chi connectivity index (χ3n) is 3.79. The Morgan fingerprint density at radius 3 is 2.33 bits per heavy atom. The fourth-order valence-corrected chi connectivity index (χ4v) is 2.95. The van der Waals surface area contributed by atoms with Gasteiger partial charge in [-0.15, -0.1) is 0 Å². The first kappa shape index (κ1) is 15.8. The molecule has 1 aliphatic carbocycles. The second kappa shape index (κ2) is 6.89. The number of amides is 2. The van der Waals surface area contributed by atoms with E-state index < -0.39 is 5.54 Å². The summed E-state index contributed by atoms with van der Waals surface area (Å²) in [5, 5.41) is 6.18. The third kappa shape index (κ3) is 3.53. The molecule has 6 nitrogen and oxygen atoms in total. The lowest BCUT2D eigenvalue weighted by molar-refractivity contribution is -0.128. The van der Waals surface area contributed by atoms with Crippen molar-refractivity contribution in [3.63, 3.8) is 0 Å². The monoisotopic (exact) mass is 308 g/mol. The summed E-state index contributed by atoms with van der Waals surface area (Å²) in [7, 11) is 1.60. The number of likely N-dealkylation sites (N-methyl/N-ethyl adjacent to an activating group) is 1. The van der Waals surface area contributed by atoms with Gasteiger partial charge >= 0.3 is 0 Å². The molecule has 0 spiro atoms. The Morgan fingerprint density at radius 1 is 1.19 bits per heavy atom. The summed E-state index contributed by atoms with van der Waals surface area (Å²) in [6, 6.07) is 0. The minimum atomic E-state index is -0.803. The van der Waals surface area contributed by atoms with Crippen LogP contribution in [0.1, 0.15) is 42.5 Å². The minimum Gasteiger partial charge on any atom is -0.357 e. The molecule has 1 aromatic heterocycles. The van der Waals surface area contributed by atoms with E-state index in [1.807, 2.05) is 6.26 Å². The van der Waals surface area contributed by atoms with Gasteiger partial charge < -0.3 is 10.6 Å². The van der Waals surface area contributed by atoms with Crippen molar-refractivity contribution in [3.05, 3.63) is 18.0 Å². The number of carbonyl (C=O) groups excluding carboxylic acids is 2. The first-order chi connectivity index (χ1) is 10.1. The van der Waals surface area contributed by atoms with Crippen LogP contribution in [0, 0.1) is 0 Å². The van der Waals surface area contributed by atoms with Gasteiger partial charge in [0.2, 0.25) is 5.91 Å². The number of thioether (sulfide) groups is 1. The molecule has 1 aromatic rings. The van der Waals surface area contributed by atoms with Crippen molar-refractivity contribution >= 4 is 23.6 Å². The van der Waals surface area contributed by atoms with E-state index in [0.29, 0.717) is 23.6 Å². The van der Waals surface area contributed by atoms with Crippen LogP contribution in [0.2, 0.25) is 0 Å². The van der Waals surface area contributed by atoms with Gasteiger partial charge in [0.1, 0.15) is 5.54 Å². The number of nitrogens with zero attached hydrogens (tertiary/aromatic N) is 2. The zero-order valence-corrected chi connectivity index (χ0v) is 13.1. The molecule has 0 aliphatic heterocycles. The van der Waals surface area contributed by atoms with E-state index >= 15 is 0 Å². The van der Waals surface area contributed by atoms with Crippen LogP contribution in [-0.2, 0) is 4.79 Å². The molecule has 0 saturated heterocycles. The van der Waals surface area contributed by atoms with E-state index in [4.69, 9.17) is 0 Å². The van der Waals surface area contributed by atoms with Gasteiger partial charge in [-0.1, -0.05) is 31.0 Å². The van der Waals surface area contributed by atoms with Crippen LogP contribution in [0.15, 0.2) is 17.6 Å². The van der Waals surface area contributed by atoms with Crippen LogP contribution in [-0.4, -0.2) is 40.6 Å². The van der Waals surface area contributed by atoms with Crippen LogP contribution in [0.3, 0.4) is 0 Å². The molecule has 2 rings (SSSR count). The average molecular weight is 308 g/mol. The summed E-state index contributed by atoms with van der Waals surface area (Å²) in [5.74, 6) is -0.426. The maximum Gasteiger partial charge on any atom is 0.255 e. The highest BCUT2D eigenvalue weighted by atomic mass is 32.2. The Hall–Kier alpha value is -1.63. The van der Waals surface area contributed by atoms with Crippen molar-refractivity contribution in [2.24, 2.45) is 0 Å². The fraction of sp³-hybridized carbons (Fsp3) is 0.571. The molecule has 1 saturated carbocycles. The Labute approximate surface area is 128 Å². The van der Waals surface area contributed by atoms with Gasteiger partial charge in [-0.3, -0.25) is 9.59 Å². The summed E-state index contributed by atoms with van der Waals surface area (Å²) < 4.78 is 0. The summed E-state index contributed by atoms with van der Waals surface area (Å²) >= 11 is 1.41. The quantitative estimate of drug-likeness (QED) is 0.648. The predicted octanol–water partition coefficient (Wildman–Crippen LogP) is 1.38. The van der Waals surface area contributed by atoms with E-state index in [1.165, 1.54) is 24.2 Å². The molecule has 114 valence electrons. The number of aromatic nitrogens is 2. The van der Waals surface area contributed by atoms with Crippen molar-refractivity contribution in [1.82, 2.24) is 20.6 Å². The molecule has 0 aromatic carbocycles. The van der Waals surface area contributed by atoms with Crippen molar-refractivity contribution in [3.8, 4) is 0 Å². The topological polar surface area (TPSA) is 84.0 Å². The van der Waals surface area contributed by atoms with Crippen LogP contribution in [0.25, 0.3) is 0 Å². The third-order valence-corrected chi connectivity index (χ3v) is 4.37. The number of hydrogen-bond donors (Lipinski definition) is 2. The molecule has 1 aliphatic rings. The largest absolute Gasteiger partial charge is 0.357 e. The number of hydrogen-bond acceptors (Lipinski definition) is 5. The van der Waals surface area contributed by atoms with Crippen LogP contribution in [0.5, 0.6) is 0 Å². The molecule has 0 atom stereocenters. The first-order valence-corrected chi connectivity index (χ1v) is 8.24. The minimum absolute atomic E-state index is 0.128. The molecule has 1 heterocycles. The van der Waals surface area contributed by atoms with Gasteiger partial charge in [-0.05, 0) is 19.1 Å². The second-order valence-electron chi connectivity index (χ2n) is 5.13. The fourth-order valence-electron chi connectivity index (χ4n) is 2.63. The summed E-state index contributed by atoms with van der Waals surface area (Å²) in [6.07, 6.45) is 9.18. The lowest BCUT2D eigenvalue weighted by Crippen LogP contribution is -2.59. The summed E-state index contributed by atoms with van der Waals surface area (Å²) in [4.78, 5) is 32.7. The second-order valence-corrected chi connectivity index (χ2v) is 5.91. The molecule has 0 bridgehead atoms. The van der Waals surface area contributed by atoms with Crippen molar-refractivity contribution < 1.29 is 9.59 Å². The molecular weight excluding hydrogens is 288 g/mol. The Kier molecular flexibility index (Phi) is 5.17. The number of carbonyl (C=O) groups is 2. The highest BCUT2D eigenvalue weighted by Crippen LogP contribution is 2.28. The van der Waals surface area contributed by atoms with Gasteiger partial charge in [-0.2, -0.15) is 0 Å². The van der Waals surface area contributed by atoms with Crippen molar-refractivity contribution in [2.45, 2.75) is 42.8 Å². The summed E-state index contributed by atoms with van der Waals surface area (Å²) in [5.41, 5.74) is -0.427. The molecule has 0 unspecified atom stereocenters. The normalized spacial score (nSPS) is 17.0. The average Bonchev–Trinajstić information content (AvgIpc) is 2.55. The van der Waals surface area contributed by atoms with Gasteiger partial charge in [0.05, 0.1) is 5.56 Å². The van der Waals surface area contributed by atoms with E-state index in [2.05, 4.69) is 20.6 Å².